The highest BCUT2D eigenvalue weighted by atomic mass is 16.2. The number of piperazine rings is 1. The highest BCUT2D eigenvalue weighted by Crippen LogP contribution is 2.11. The monoisotopic (exact) mass is 255 g/mol. The van der Waals surface area contributed by atoms with Gasteiger partial charge in [0.05, 0.1) is 6.54 Å². The molecule has 2 amide bonds. The number of nitrogens with one attached hydrogen (secondary N) is 1. The quantitative estimate of drug-likeness (QED) is 0.743. The van der Waals surface area contributed by atoms with E-state index in [1.54, 1.807) is 4.90 Å². The smallest absolute Gasteiger partial charge is 0.245 e. The first-order chi connectivity index (χ1) is 8.40. The van der Waals surface area contributed by atoms with Gasteiger partial charge in [0.25, 0.3) is 0 Å². The molecule has 0 aromatic rings. The van der Waals surface area contributed by atoms with E-state index in [1.165, 1.54) is 0 Å². The molecule has 0 aromatic carbocycles. The molecule has 0 aliphatic carbocycles. The Labute approximate surface area is 110 Å². The van der Waals surface area contributed by atoms with Gasteiger partial charge in [-0.2, -0.15) is 0 Å². The Kier molecular flexibility index (Phi) is 5.59. The van der Waals surface area contributed by atoms with Crippen LogP contribution < -0.4 is 5.32 Å². The lowest BCUT2D eigenvalue weighted by Gasteiger charge is -2.33. The third-order valence-electron chi connectivity index (χ3n) is 3.02. The van der Waals surface area contributed by atoms with Crippen molar-refractivity contribution in [2.75, 3.05) is 33.7 Å². The van der Waals surface area contributed by atoms with Crippen molar-refractivity contribution < 1.29 is 9.59 Å². The Morgan fingerprint density at radius 3 is 2.61 bits per heavy atom. The molecule has 18 heavy (non-hydrogen) atoms. The zero-order valence-electron chi connectivity index (χ0n) is 11.9. The number of carbonyl (C=O) groups is 2. The van der Waals surface area contributed by atoms with Gasteiger partial charge in [-0.05, 0) is 39.4 Å². The molecule has 1 saturated heterocycles. The molecule has 0 bridgehead atoms. The lowest BCUT2D eigenvalue weighted by molar-refractivity contribution is -0.144. The minimum Gasteiger partial charge on any atom is -0.343 e. The first kappa shape index (κ1) is 15.0. The van der Waals surface area contributed by atoms with Gasteiger partial charge in [0.1, 0.15) is 6.04 Å². The summed E-state index contributed by atoms with van der Waals surface area (Å²) in [7, 11) is 4.01. The number of nitrogens with zero attached hydrogens (tertiary/aromatic N) is 2. The summed E-state index contributed by atoms with van der Waals surface area (Å²) < 4.78 is 0. The van der Waals surface area contributed by atoms with Gasteiger partial charge < -0.3 is 15.1 Å². The molecule has 1 aliphatic heterocycles. The molecule has 1 aliphatic rings. The molecule has 0 radical (unpaired) electrons. The zero-order chi connectivity index (χ0) is 13.7. The van der Waals surface area contributed by atoms with E-state index in [0.29, 0.717) is 12.5 Å². The number of hydrogen-bond donors (Lipinski definition) is 1. The second-order valence-electron chi connectivity index (χ2n) is 5.67. The maximum absolute atomic E-state index is 12.2. The van der Waals surface area contributed by atoms with Crippen LogP contribution >= 0.6 is 0 Å². The SMILES string of the molecule is CC(C)CC1NC(=O)CN(CCCN(C)C)C1=O. The summed E-state index contributed by atoms with van der Waals surface area (Å²) in [5.41, 5.74) is 0. The van der Waals surface area contributed by atoms with Crippen molar-refractivity contribution in [3.8, 4) is 0 Å². The predicted octanol–water partition coefficient (Wildman–Crippen LogP) is 0.311. The van der Waals surface area contributed by atoms with Gasteiger partial charge in [-0.1, -0.05) is 13.8 Å². The van der Waals surface area contributed by atoms with Gasteiger partial charge in [0.15, 0.2) is 0 Å². The average Bonchev–Trinajstić information content (AvgIpc) is 2.23. The molecule has 104 valence electrons. The highest BCUT2D eigenvalue weighted by Gasteiger charge is 2.32. The molecule has 1 unspecified atom stereocenters. The fourth-order valence-electron chi connectivity index (χ4n) is 2.17. The Hall–Kier alpha value is -1.10. The lowest BCUT2D eigenvalue weighted by Crippen LogP contribution is -2.58. The summed E-state index contributed by atoms with van der Waals surface area (Å²) in [6, 6.07) is -0.328. The van der Waals surface area contributed by atoms with E-state index < -0.39 is 0 Å². The summed E-state index contributed by atoms with van der Waals surface area (Å²) in [6.45, 7) is 5.93. The topological polar surface area (TPSA) is 52.7 Å². The van der Waals surface area contributed by atoms with E-state index in [2.05, 4.69) is 24.1 Å². The van der Waals surface area contributed by atoms with Crippen LogP contribution in [0.15, 0.2) is 0 Å². The van der Waals surface area contributed by atoms with Crippen molar-refractivity contribution in [2.24, 2.45) is 5.92 Å². The van der Waals surface area contributed by atoms with Crippen molar-refractivity contribution in [1.82, 2.24) is 15.1 Å². The fourth-order valence-corrected chi connectivity index (χ4v) is 2.17. The minimum absolute atomic E-state index is 0.0369. The van der Waals surface area contributed by atoms with Crippen LogP contribution in [0.4, 0.5) is 0 Å². The summed E-state index contributed by atoms with van der Waals surface area (Å²) in [5.74, 6) is 0.438. The maximum Gasteiger partial charge on any atom is 0.245 e. The molecule has 0 saturated carbocycles. The predicted molar refractivity (Wildman–Crippen MR) is 71.1 cm³/mol. The standard InChI is InChI=1S/C13H25N3O2/c1-10(2)8-11-13(18)16(9-12(17)14-11)7-5-6-15(3)4/h10-11H,5-9H2,1-4H3,(H,14,17). The van der Waals surface area contributed by atoms with E-state index in [1.807, 2.05) is 14.1 Å². The van der Waals surface area contributed by atoms with E-state index in [0.717, 1.165) is 19.4 Å². The van der Waals surface area contributed by atoms with Gasteiger partial charge in [0, 0.05) is 6.54 Å². The van der Waals surface area contributed by atoms with Crippen molar-refractivity contribution >= 4 is 11.8 Å². The lowest BCUT2D eigenvalue weighted by atomic mass is 10.0. The van der Waals surface area contributed by atoms with E-state index in [9.17, 15) is 9.59 Å². The molecule has 1 atom stereocenters. The molecular weight excluding hydrogens is 230 g/mol. The Morgan fingerprint density at radius 1 is 1.39 bits per heavy atom. The molecular formula is C13H25N3O2. The molecule has 0 spiro atoms. The van der Waals surface area contributed by atoms with Crippen LogP contribution in [0.2, 0.25) is 0 Å². The van der Waals surface area contributed by atoms with Crippen LogP contribution in [0.25, 0.3) is 0 Å². The Bertz CT molecular complexity index is 303. The van der Waals surface area contributed by atoms with Crippen LogP contribution in [0, 0.1) is 5.92 Å². The average molecular weight is 255 g/mol. The summed E-state index contributed by atoms with van der Waals surface area (Å²) in [6.07, 6.45) is 1.62. The Balaban J connectivity index is 2.51. The molecule has 5 heteroatoms. The molecule has 5 nitrogen and oxygen atoms in total. The second kappa shape index (κ2) is 6.73. The molecule has 1 fully saturated rings. The van der Waals surface area contributed by atoms with Crippen LogP contribution in [0.5, 0.6) is 0 Å². The summed E-state index contributed by atoms with van der Waals surface area (Å²) in [5, 5.41) is 2.79. The number of hydrogen-bond acceptors (Lipinski definition) is 3. The minimum atomic E-state index is -0.328. The first-order valence-corrected chi connectivity index (χ1v) is 6.63. The van der Waals surface area contributed by atoms with Gasteiger partial charge in [-0.15, -0.1) is 0 Å². The van der Waals surface area contributed by atoms with Crippen LogP contribution in [0.3, 0.4) is 0 Å². The largest absolute Gasteiger partial charge is 0.343 e. The van der Waals surface area contributed by atoms with Crippen molar-refractivity contribution in [3.63, 3.8) is 0 Å². The molecule has 0 aromatic heterocycles. The van der Waals surface area contributed by atoms with Crippen molar-refractivity contribution in [1.29, 1.82) is 0 Å². The normalized spacial score (nSPS) is 20.8. The van der Waals surface area contributed by atoms with Crippen LogP contribution in [0.1, 0.15) is 26.7 Å². The van der Waals surface area contributed by atoms with Gasteiger partial charge >= 0.3 is 0 Å². The third-order valence-corrected chi connectivity index (χ3v) is 3.02. The molecule has 1 rings (SSSR count). The molecule has 1 N–H and O–H groups in total. The maximum atomic E-state index is 12.2. The van der Waals surface area contributed by atoms with Gasteiger partial charge in [-0.25, -0.2) is 0 Å². The summed E-state index contributed by atoms with van der Waals surface area (Å²) >= 11 is 0. The van der Waals surface area contributed by atoms with Crippen LogP contribution in [-0.2, 0) is 9.59 Å². The van der Waals surface area contributed by atoms with Gasteiger partial charge in [-0.3, -0.25) is 9.59 Å². The van der Waals surface area contributed by atoms with E-state index in [-0.39, 0.29) is 24.4 Å². The number of amides is 2. The summed E-state index contributed by atoms with van der Waals surface area (Å²) in [4.78, 5) is 27.5. The fraction of sp³-hybridized carbons (Fsp3) is 0.846. The van der Waals surface area contributed by atoms with Crippen LogP contribution in [-0.4, -0.2) is 61.4 Å². The van der Waals surface area contributed by atoms with Gasteiger partial charge in [0.2, 0.25) is 11.8 Å². The van der Waals surface area contributed by atoms with Crippen molar-refractivity contribution in [2.45, 2.75) is 32.7 Å². The van der Waals surface area contributed by atoms with Crippen molar-refractivity contribution in [3.05, 3.63) is 0 Å². The number of carbonyl (C=O) groups excluding carboxylic acids is 2. The third kappa shape index (κ3) is 4.64. The van der Waals surface area contributed by atoms with E-state index in [4.69, 9.17) is 0 Å². The van der Waals surface area contributed by atoms with E-state index >= 15 is 0 Å². The second-order valence-corrected chi connectivity index (χ2v) is 5.67. The zero-order valence-corrected chi connectivity index (χ0v) is 11.9. The Morgan fingerprint density at radius 2 is 2.06 bits per heavy atom. The highest BCUT2D eigenvalue weighted by molar-refractivity contribution is 5.94. The molecule has 1 heterocycles. The number of rotatable bonds is 6. The first-order valence-electron chi connectivity index (χ1n) is 6.63.